The molecule has 0 aromatic heterocycles. The van der Waals surface area contributed by atoms with Crippen LogP contribution in [0.1, 0.15) is 49.1 Å². The number of rotatable bonds is 7. The summed E-state index contributed by atoms with van der Waals surface area (Å²) in [6, 6.07) is 16.4. The topological polar surface area (TPSA) is 105 Å². The first kappa shape index (κ1) is 22.4. The van der Waals surface area contributed by atoms with Gasteiger partial charge in [0, 0.05) is 24.4 Å². The summed E-state index contributed by atoms with van der Waals surface area (Å²) in [7, 11) is 0. The molecule has 4 atom stereocenters. The minimum atomic E-state index is -0.788. The average molecular weight is 463 g/mol. The molecule has 2 fully saturated rings. The summed E-state index contributed by atoms with van der Waals surface area (Å²) >= 11 is 0. The minimum Gasteiger partial charge on any atom is -0.481 e. The number of fused-ring (bicyclic) bond motifs is 3. The van der Waals surface area contributed by atoms with Crippen LogP contribution in [0.15, 0.2) is 48.5 Å². The van der Waals surface area contributed by atoms with Crippen molar-refractivity contribution in [2.75, 3.05) is 13.2 Å². The summed E-state index contributed by atoms with van der Waals surface area (Å²) in [4.78, 5) is 36.1. The highest BCUT2D eigenvalue weighted by Crippen LogP contribution is 2.44. The smallest absolute Gasteiger partial charge is 0.407 e. The zero-order valence-electron chi connectivity index (χ0n) is 19.0. The number of carboxylic acid groups (broad SMARTS) is 1. The molecule has 0 aliphatic heterocycles. The number of hydrogen-bond donors (Lipinski definition) is 3. The van der Waals surface area contributed by atoms with Gasteiger partial charge in [0.05, 0.1) is 5.92 Å². The van der Waals surface area contributed by atoms with Crippen molar-refractivity contribution in [2.45, 2.75) is 44.1 Å². The van der Waals surface area contributed by atoms with E-state index in [1.807, 2.05) is 24.3 Å². The summed E-state index contributed by atoms with van der Waals surface area (Å²) in [5.74, 6) is -1.27. The summed E-state index contributed by atoms with van der Waals surface area (Å²) in [5, 5.41) is 14.9. The van der Waals surface area contributed by atoms with Gasteiger partial charge in [0.1, 0.15) is 6.61 Å². The number of carbonyl (C=O) groups is 3. The monoisotopic (exact) mass is 462 g/mol. The lowest BCUT2D eigenvalue weighted by atomic mass is 9.85. The van der Waals surface area contributed by atoms with Gasteiger partial charge < -0.3 is 20.5 Å². The maximum absolute atomic E-state index is 12.6. The van der Waals surface area contributed by atoms with Crippen molar-refractivity contribution in [3.05, 3.63) is 59.7 Å². The molecule has 2 unspecified atom stereocenters. The Kier molecular flexibility index (Phi) is 6.26. The first-order valence-corrected chi connectivity index (χ1v) is 12.1. The van der Waals surface area contributed by atoms with Crippen LogP contribution in [-0.2, 0) is 14.3 Å². The third kappa shape index (κ3) is 4.65. The number of carbonyl (C=O) groups excluding carboxylic acids is 2. The first-order valence-electron chi connectivity index (χ1n) is 12.1. The van der Waals surface area contributed by atoms with Crippen LogP contribution in [0.2, 0.25) is 0 Å². The molecule has 2 saturated carbocycles. The van der Waals surface area contributed by atoms with E-state index < -0.39 is 12.1 Å². The molecular formula is C27H30N2O5. The standard InChI is InChI=1S/C27H30N2O5/c30-25(28-14-17-13-23(17)26(31)32)16-6-5-7-18(12-16)29-27(33)34-15-24-21-10-3-1-8-19(21)20-9-2-4-11-22(20)24/h1-4,8-11,16-18,23-24H,5-7,12-15H2,(H,28,30)(H,29,33)(H,31,32)/t16-,17?,18+,23?/m1/s1. The van der Waals surface area contributed by atoms with Gasteiger partial charge >= 0.3 is 12.1 Å². The van der Waals surface area contributed by atoms with E-state index in [1.54, 1.807) is 0 Å². The molecule has 7 heteroatoms. The molecular weight excluding hydrogens is 432 g/mol. The summed E-state index contributed by atoms with van der Waals surface area (Å²) < 4.78 is 5.65. The van der Waals surface area contributed by atoms with Gasteiger partial charge in [0.25, 0.3) is 0 Å². The highest BCUT2D eigenvalue weighted by molar-refractivity contribution is 5.80. The van der Waals surface area contributed by atoms with Crippen molar-refractivity contribution >= 4 is 18.0 Å². The zero-order valence-corrected chi connectivity index (χ0v) is 19.0. The molecule has 178 valence electrons. The van der Waals surface area contributed by atoms with Crippen LogP contribution < -0.4 is 10.6 Å². The first-order chi connectivity index (χ1) is 16.5. The van der Waals surface area contributed by atoms with Gasteiger partial charge in [-0.25, -0.2) is 4.79 Å². The van der Waals surface area contributed by atoms with E-state index in [2.05, 4.69) is 34.9 Å². The Morgan fingerprint density at radius 1 is 0.941 bits per heavy atom. The van der Waals surface area contributed by atoms with Crippen molar-refractivity contribution < 1.29 is 24.2 Å². The Hall–Kier alpha value is -3.35. The second kappa shape index (κ2) is 9.49. The van der Waals surface area contributed by atoms with Crippen molar-refractivity contribution in [3.63, 3.8) is 0 Å². The second-order valence-electron chi connectivity index (χ2n) is 9.72. The molecule has 5 rings (SSSR count). The lowest BCUT2D eigenvalue weighted by Crippen LogP contribution is -2.43. The van der Waals surface area contributed by atoms with Crippen LogP contribution in [0.5, 0.6) is 0 Å². The molecule has 2 aromatic carbocycles. The lowest BCUT2D eigenvalue weighted by molar-refractivity contribution is -0.139. The van der Waals surface area contributed by atoms with Gasteiger partial charge in [-0.15, -0.1) is 0 Å². The summed E-state index contributed by atoms with van der Waals surface area (Å²) in [6.07, 6.45) is 3.21. The number of carboxylic acids is 1. The van der Waals surface area contributed by atoms with Gasteiger partial charge in [-0.3, -0.25) is 9.59 Å². The Balaban J connectivity index is 1.11. The Labute approximate surface area is 198 Å². The number of aliphatic carboxylic acids is 1. The number of benzene rings is 2. The van der Waals surface area contributed by atoms with E-state index in [0.717, 1.165) is 19.3 Å². The van der Waals surface area contributed by atoms with Gasteiger partial charge in [-0.2, -0.15) is 0 Å². The minimum absolute atomic E-state index is 0.0140. The summed E-state index contributed by atoms with van der Waals surface area (Å²) in [6.45, 7) is 0.680. The molecule has 2 amide bonds. The molecule has 0 spiro atoms. The van der Waals surface area contributed by atoms with Gasteiger partial charge in [-0.1, -0.05) is 55.0 Å². The lowest BCUT2D eigenvalue weighted by Gasteiger charge is -2.29. The SMILES string of the molecule is O=C(N[C@H]1CCC[C@@H](C(=O)NCC2CC2C(=O)O)C1)OCC1c2ccccc2-c2ccccc21. The fourth-order valence-corrected chi connectivity index (χ4v) is 5.52. The molecule has 0 heterocycles. The predicted octanol–water partition coefficient (Wildman–Crippen LogP) is 3.92. The molecule has 2 aromatic rings. The molecule has 34 heavy (non-hydrogen) atoms. The van der Waals surface area contributed by atoms with E-state index in [0.29, 0.717) is 19.4 Å². The van der Waals surface area contributed by atoms with Crippen LogP contribution in [0.3, 0.4) is 0 Å². The third-order valence-corrected chi connectivity index (χ3v) is 7.49. The number of amides is 2. The molecule has 3 N–H and O–H groups in total. The molecule has 0 radical (unpaired) electrons. The zero-order chi connectivity index (χ0) is 23.7. The van der Waals surface area contributed by atoms with E-state index in [4.69, 9.17) is 9.84 Å². The largest absolute Gasteiger partial charge is 0.481 e. The van der Waals surface area contributed by atoms with Crippen molar-refractivity contribution in [3.8, 4) is 11.1 Å². The van der Waals surface area contributed by atoms with Crippen LogP contribution in [0.25, 0.3) is 11.1 Å². The van der Waals surface area contributed by atoms with Crippen LogP contribution in [0, 0.1) is 17.8 Å². The number of alkyl carbamates (subject to hydrolysis) is 1. The van der Waals surface area contributed by atoms with E-state index in [1.165, 1.54) is 22.3 Å². The highest BCUT2D eigenvalue weighted by atomic mass is 16.5. The normalized spacial score (nSPS) is 25.1. The fraction of sp³-hybridized carbons (Fsp3) is 0.444. The molecule has 3 aliphatic rings. The highest BCUT2D eigenvalue weighted by Gasteiger charge is 2.43. The van der Waals surface area contributed by atoms with E-state index >= 15 is 0 Å². The van der Waals surface area contributed by atoms with Crippen molar-refractivity contribution in [1.82, 2.24) is 10.6 Å². The van der Waals surface area contributed by atoms with Crippen molar-refractivity contribution in [1.29, 1.82) is 0 Å². The fourth-order valence-electron chi connectivity index (χ4n) is 5.52. The van der Waals surface area contributed by atoms with Crippen LogP contribution >= 0.6 is 0 Å². The molecule has 7 nitrogen and oxygen atoms in total. The Morgan fingerprint density at radius 2 is 1.62 bits per heavy atom. The Morgan fingerprint density at radius 3 is 2.26 bits per heavy atom. The maximum atomic E-state index is 12.6. The van der Waals surface area contributed by atoms with Crippen LogP contribution in [-0.4, -0.2) is 42.3 Å². The molecule has 3 aliphatic carbocycles. The van der Waals surface area contributed by atoms with Gasteiger partial charge in [0.15, 0.2) is 0 Å². The Bertz CT molecular complexity index is 1050. The number of nitrogens with one attached hydrogen (secondary N) is 2. The third-order valence-electron chi connectivity index (χ3n) is 7.49. The molecule has 0 bridgehead atoms. The molecule has 0 saturated heterocycles. The second-order valence-corrected chi connectivity index (χ2v) is 9.72. The van der Waals surface area contributed by atoms with E-state index in [-0.39, 0.29) is 42.2 Å². The predicted molar refractivity (Wildman–Crippen MR) is 126 cm³/mol. The van der Waals surface area contributed by atoms with E-state index in [9.17, 15) is 14.4 Å². The number of ether oxygens (including phenoxy) is 1. The van der Waals surface area contributed by atoms with Crippen molar-refractivity contribution in [2.24, 2.45) is 17.8 Å². The maximum Gasteiger partial charge on any atom is 0.407 e. The summed E-state index contributed by atoms with van der Waals surface area (Å²) in [5.41, 5.74) is 4.72. The quantitative estimate of drug-likeness (QED) is 0.579. The van der Waals surface area contributed by atoms with Gasteiger partial charge in [0.2, 0.25) is 5.91 Å². The van der Waals surface area contributed by atoms with Gasteiger partial charge in [-0.05, 0) is 53.9 Å². The van der Waals surface area contributed by atoms with Crippen LogP contribution in [0.4, 0.5) is 4.79 Å². The number of hydrogen-bond acceptors (Lipinski definition) is 4. The average Bonchev–Trinajstić information content (AvgIpc) is 3.57.